The van der Waals surface area contributed by atoms with Crippen molar-refractivity contribution in [3.8, 4) is 5.75 Å². The first-order chi connectivity index (χ1) is 18.3. The molecule has 1 aromatic heterocycles. The molecular weight excluding hydrogens is 512 g/mol. The Hall–Kier alpha value is -4.50. The molecule has 1 aliphatic carbocycles. The maximum absolute atomic E-state index is 13.5. The zero-order valence-corrected chi connectivity index (χ0v) is 20.7. The van der Waals surface area contributed by atoms with Crippen LogP contribution in [0.3, 0.4) is 0 Å². The number of hydrogen-bond acceptors (Lipinski definition) is 7. The van der Waals surface area contributed by atoms with Crippen molar-refractivity contribution in [3.63, 3.8) is 0 Å². The van der Waals surface area contributed by atoms with Gasteiger partial charge in [-0.25, -0.2) is 9.80 Å². The minimum absolute atomic E-state index is 0.0252. The molecule has 0 N–H and O–H groups in total. The lowest BCUT2D eigenvalue weighted by molar-refractivity contribution is -0.154. The van der Waals surface area contributed by atoms with Crippen LogP contribution in [0, 0.1) is 11.8 Å². The molecule has 2 heterocycles. The van der Waals surface area contributed by atoms with E-state index in [2.05, 4.69) is 0 Å². The number of ketones is 1. The summed E-state index contributed by atoms with van der Waals surface area (Å²) in [6.07, 6.45) is 5.80. The third kappa shape index (κ3) is 4.88. The van der Waals surface area contributed by atoms with Gasteiger partial charge in [-0.2, -0.15) is 5.01 Å². The summed E-state index contributed by atoms with van der Waals surface area (Å²) >= 11 is 5.95. The number of allylic oxidation sites excluding steroid dienone is 2. The topological polar surface area (TPSA) is 114 Å². The largest absolute Gasteiger partial charge is 0.457 e. The Bertz CT molecular complexity index is 1400. The Labute approximate surface area is 222 Å². The molecule has 9 nitrogen and oxygen atoms in total. The van der Waals surface area contributed by atoms with E-state index >= 15 is 0 Å². The predicted molar refractivity (Wildman–Crippen MR) is 134 cm³/mol. The van der Waals surface area contributed by atoms with Crippen LogP contribution in [-0.2, 0) is 9.59 Å². The van der Waals surface area contributed by atoms with Gasteiger partial charge in [0.2, 0.25) is 5.76 Å². The zero-order valence-electron chi connectivity index (χ0n) is 19.9. The van der Waals surface area contributed by atoms with E-state index in [9.17, 15) is 24.0 Å². The van der Waals surface area contributed by atoms with E-state index in [1.165, 1.54) is 60.9 Å². The number of halogens is 1. The number of furan rings is 1. The van der Waals surface area contributed by atoms with Crippen molar-refractivity contribution in [2.45, 2.75) is 12.8 Å². The minimum atomic E-state index is -0.698. The lowest BCUT2D eigenvalue weighted by Gasteiger charge is -2.30. The normalized spacial score (nSPS) is 18.3. The summed E-state index contributed by atoms with van der Waals surface area (Å²) in [5.41, 5.74) is 0.353. The van der Waals surface area contributed by atoms with Gasteiger partial charge in [0.05, 0.1) is 18.1 Å². The maximum Gasteiger partial charge on any atom is 0.379 e. The number of carbonyl (C=O) groups excluding carboxylic acids is 5. The van der Waals surface area contributed by atoms with Gasteiger partial charge in [0.1, 0.15) is 12.3 Å². The van der Waals surface area contributed by atoms with E-state index in [1.807, 2.05) is 12.2 Å². The van der Waals surface area contributed by atoms with Crippen LogP contribution in [0.1, 0.15) is 44.1 Å². The van der Waals surface area contributed by atoms with Crippen molar-refractivity contribution < 1.29 is 33.1 Å². The number of nitrogens with zero attached hydrogens (tertiary/aromatic N) is 2. The molecule has 1 saturated heterocycles. The molecule has 3 aromatic rings. The Kier molecular flexibility index (Phi) is 6.93. The highest BCUT2D eigenvalue weighted by atomic mass is 35.5. The number of fused-ring (bicyclic) bond motifs is 1. The summed E-state index contributed by atoms with van der Waals surface area (Å²) in [5.74, 6) is -3.89. The average molecular weight is 533 g/mol. The molecule has 1 aliphatic heterocycles. The molecule has 10 heteroatoms. The Morgan fingerprint density at radius 1 is 0.895 bits per heavy atom. The van der Waals surface area contributed by atoms with Crippen molar-refractivity contribution in [1.82, 2.24) is 10.0 Å². The van der Waals surface area contributed by atoms with E-state index in [0.717, 1.165) is 10.0 Å². The number of carbonyl (C=O) groups is 5. The van der Waals surface area contributed by atoms with Crippen LogP contribution < -0.4 is 4.74 Å². The summed E-state index contributed by atoms with van der Waals surface area (Å²) in [7, 11) is 0. The van der Waals surface area contributed by atoms with Gasteiger partial charge in [-0.15, -0.1) is 0 Å². The van der Waals surface area contributed by atoms with Crippen LogP contribution in [-0.4, -0.2) is 46.0 Å². The molecule has 192 valence electrons. The molecule has 2 aromatic carbocycles. The zero-order chi connectivity index (χ0) is 26.8. The Morgan fingerprint density at radius 2 is 1.50 bits per heavy atom. The quantitative estimate of drug-likeness (QED) is 0.146. The molecule has 0 saturated carbocycles. The van der Waals surface area contributed by atoms with Crippen LogP contribution in [0.4, 0.5) is 0 Å². The van der Waals surface area contributed by atoms with Gasteiger partial charge >= 0.3 is 5.97 Å². The van der Waals surface area contributed by atoms with Crippen molar-refractivity contribution in [2.75, 3.05) is 6.54 Å². The van der Waals surface area contributed by atoms with E-state index in [4.69, 9.17) is 20.8 Å². The van der Waals surface area contributed by atoms with E-state index < -0.39 is 47.9 Å². The molecule has 0 unspecified atom stereocenters. The van der Waals surface area contributed by atoms with Gasteiger partial charge in [-0.1, -0.05) is 23.8 Å². The lowest BCUT2D eigenvalue weighted by atomic mass is 9.85. The summed E-state index contributed by atoms with van der Waals surface area (Å²) in [6.45, 7) is -0.558. The molecule has 2 atom stereocenters. The minimum Gasteiger partial charge on any atom is -0.457 e. The second kappa shape index (κ2) is 10.5. The number of hydrogen-bond donors (Lipinski definition) is 0. The average Bonchev–Trinajstić information content (AvgIpc) is 3.56. The van der Waals surface area contributed by atoms with E-state index in [-0.39, 0.29) is 22.6 Å². The Balaban J connectivity index is 1.38. The van der Waals surface area contributed by atoms with Gasteiger partial charge < -0.3 is 9.15 Å². The molecule has 0 radical (unpaired) electrons. The number of amides is 3. The molecule has 38 heavy (non-hydrogen) atoms. The van der Waals surface area contributed by atoms with Crippen LogP contribution >= 0.6 is 11.6 Å². The summed E-state index contributed by atoms with van der Waals surface area (Å²) < 4.78 is 10.2. The monoisotopic (exact) mass is 532 g/mol. The first-order valence-corrected chi connectivity index (χ1v) is 12.2. The third-order valence-electron chi connectivity index (χ3n) is 6.45. The second-order valence-corrected chi connectivity index (χ2v) is 9.26. The van der Waals surface area contributed by atoms with Gasteiger partial charge in [0.25, 0.3) is 17.7 Å². The van der Waals surface area contributed by atoms with Crippen molar-refractivity contribution in [2.24, 2.45) is 11.8 Å². The van der Waals surface area contributed by atoms with Crippen LogP contribution in [0.25, 0.3) is 0 Å². The molecule has 3 amide bonds. The number of Topliss-reactive ketones (excluding diaryl/α,β-unsaturated/α-hetero) is 1. The number of imide groups is 1. The van der Waals surface area contributed by atoms with E-state index in [1.54, 1.807) is 6.07 Å². The Morgan fingerprint density at radius 3 is 2.08 bits per heavy atom. The number of benzene rings is 2. The number of rotatable bonds is 7. The summed E-state index contributed by atoms with van der Waals surface area (Å²) in [4.78, 5) is 65.3. The van der Waals surface area contributed by atoms with Crippen LogP contribution in [0.5, 0.6) is 5.75 Å². The summed E-state index contributed by atoms with van der Waals surface area (Å²) in [5, 5.41) is 2.12. The fourth-order valence-corrected chi connectivity index (χ4v) is 4.61. The van der Waals surface area contributed by atoms with Crippen LogP contribution in [0.15, 0.2) is 83.5 Å². The first-order valence-electron chi connectivity index (χ1n) is 11.8. The molecule has 0 bridgehead atoms. The smallest absolute Gasteiger partial charge is 0.379 e. The van der Waals surface area contributed by atoms with E-state index in [0.29, 0.717) is 17.9 Å². The van der Waals surface area contributed by atoms with Crippen LogP contribution in [0.2, 0.25) is 5.02 Å². The SMILES string of the molecule is O=C(CN(C(=O)c1ccc(Cl)cc1)N1C(=O)[C@@H]2CC=CC[C@H]2C1=O)c1ccc(OC(=O)c2ccco2)cc1. The second-order valence-electron chi connectivity index (χ2n) is 8.83. The van der Waals surface area contributed by atoms with Gasteiger partial charge in [-0.3, -0.25) is 19.2 Å². The molecular formula is C28H21ClN2O7. The number of ether oxygens (including phenoxy) is 1. The van der Waals surface area contributed by atoms with Crippen molar-refractivity contribution >= 4 is 41.1 Å². The van der Waals surface area contributed by atoms with Gasteiger partial charge in [0, 0.05) is 16.1 Å². The number of esters is 1. The number of hydrazine groups is 1. The highest BCUT2D eigenvalue weighted by Crippen LogP contribution is 2.36. The highest BCUT2D eigenvalue weighted by Gasteiger charge is 2.51. The molecule has 5 rings (SSSR count). The first kappa shape index (κ1) is 25.2. The van der Waals surface area contributed by atoms with Crippen molar-refractivity contribution in [3.05, 3.63) is 101 Å². The predicted octanol–water partition coefficient (Wildman–Crippen LogP) is 4.34. The standard InChI is InChI=1S/C28H21ClN2O7/c29-19-11-7-18(8-12-19)25(33)30(31-26(34)21-4-1-2-5-22(21)27(31)35)16-23(32)17-9-13-20(14-10-17)38-28(36)24-6-3-15-37-24/h1-3,6-15,21-22H,4-5,16H2/t21-,22-/m1/s1. The van der Waals surface area contributed by atoms with Gasteiger partial charge in [0.15, 0.2) is 5.78 Å². The molecule has 1 fully saturated rings. The molecule has 0 spiro atoms. The highest BCUT2D eigenvalue weighted by molar-refractivity contribution is 6.30. The molecule has 2 aliphatic rings. The fourth-order valence-electron chi connectivity index (χ4n) is 4.48. The maximum atomic E-state index is 13.5. The third-order valence-corrected chi connectivity index (χ3v) is 6.71. The van der Waals surface area contributed by atoms with Gasteiger partial charge in [-0.05, 0) is 73.5 Å². The van der Waals surface area contributed by atoms with Crippen molar-refractivity contribution in [1.29, 1.82) is 0 Å². The lowest BCUT2D eigenvalue weighted by Crippen LogP contribution is -2.52. The summed E-state index contributed by atoms with van der Waals surface area (Å²) in [6, 6.07) is 14.6. The fraction of sp³-hybridized carbons (Fsp3) is 0.179.